The van der Waals surface area contributed by atoms with Gasteiger partial charge < -0.3 is 29.9 Å². The fourth-order valence-corrected chi connectivity index (χ4v) is 4.49. The van der Waals surface area contributed by atoms with E-state index < -0.39 is 52.8 Å². The molecule has 1 fully saturated rings. The van der Waals surface area contributed by atoms with Crippen LogP contribution in [0.3, 0.4) is 0 Å². The topological polar surface area (TPSA) is 156 Å². The zero-order chi connectivity index (χ0) is 21.3. The van der Waals surface area contributed by atoms with E-state index in [2.05, 4.69) is 10.1 Å². The Balaban J connectivity index is 0.00000240. The molecule has 31 heavy (non-hydrogen) atoms. The molecule has 3 atom stereocenters. The third kappa shape index (κ3) is 5.36. The van der Waals surface area contributed by atoms with Crippen LogP contribution in [0.15, 0.2) is 41.6 Å². The molecule has 0 bridgehead atoms. The Morgan fingerprint density at radius 3 is 2.29 bits per heavy atom. The van der Waals surface area contributed by atoms with Crippen LogP contribution in [0.25, 0.3) is 0 Å². The second-order valence-electron chi connectivity index (χ2n) is 6.16. The average Bonchev–Trinajstić information content (AvgIpc) is 2.70. The van der Waals surface area contributed by atoms with E-state index in [9.17, 15) is 34.2 Å². The van der Waals surface area contributed by atoms with Gasteiger partial charge in [-0.15, -0.1) is 11.8 Å². The number of carboxylic acid groups (broad SMARTS) is 2. The smallest absolute Gasteiger partial charge is 0.549 e. The molecule has 2 aliphatic rings. The van der Waals surface area contributed by atoms with Gasteiger partial charge in [-0.3, -0.25) is 14.5 Å². The molecular weight excluding hydrogens is 450 g/mol. The molecule has 1 N–H and O–H groups in total. The molecule has 0 aliphatic carbocycles. The van der Waals surface area contributed by atoms with Crippen LogP contribution in [0, 0.1) is 0 Å². The van der Waals surface area contributed by atoms with E-state index in [0.29, 0.717) is 0 Å². The number of hydrogen-bond donors (Lipinski definition) is 1. The van der Waals surface area contributed by atoms with Crippen molar-refractivity contribution in [1.82, 2.24) is 10.2 Å². The average molecular weight is 464 g/mol. The van der Waals surface area contributed by atoms with Crippen molar-refractivity contribution >= 4 is 41.5 Å². The molecule has 2 heterocycles. The van der Waals surface area contributed by atoms with Gasteiger partial charge in [0.2, 0.25) is 5.91 Å². The number of carbonyl (C=O) groups excluding carboxylic acids is 5. The van der Waals surface area contributed by atoms with Gasteiger partial charge in [-0.05, 0) is 5.56 Å². The first-order valence-corrected chi connectivity index (χ1v) is 9.36. The number of nitrogens with zero attached hydrogens (tertiary/aromatic N) is 1. The summed E-state index contributed by atoms with van der Waals surface area (Å²) in [7, 11) is 1.07. The van der Waals surface area contributed by atoms with E-state index in [4.69, 9.17) is 0 Å². The largest absolute Gasteiger partial charge is 1.00 e. The van der Waals surface area contributed by atoms with Crippen LogP contribution in [0.4, 0.5) is 0 Å². The van der Waals surface area contributed by atoms with Crippen molar-refractivity contribution in [3.63, 3.8) is 0 Å². The van der Waals surface area contributed by atoms with Crippen LogP contribution in [0.5, 0.6) is 0 Å². The number of carbonyl (C=O) groups is 5. The van der Waals surface area contributed by atoms with Gasteiger partial charge in [0.05, 0.1) is 30.3 Å². The van der Waals surface area contributed by atoms with E-state index in [0.717, 1.165) is 23.8 Å². The number of rotatable bonds is 6. The Hall–Kier alpha value is -1.34. The maximum Gasteiger partial charge on any atom is 1.00 e. The number of fused-ring (bicyclic) bond motifs is 1. The molecule has 3 rings (SSSR count). The zero-order valence-electron chi connectivity index (χ0n) is 16.9. The summed E-state index contributed by atoms with van der Waals surface area (Å²) in [6.45, 7) is 0. The first kappa shape index (κ1) is 27.7. The molecule has 0 spiro atoms. The number of aliphatic carboxylic acids is 2. The number of benzene rings is 1. The number of hydrogen-bond acceptors (Lipinski definition) is 9. The third-order valence-corrected chi connectivity index (χ3v) is 5.80. The maximum absolute atomic E-state index is 12.5. The fourth-order valence-electron chi connectivity index (χ4n) is 3.16. The standard InChI is InChI=1S/C18H16N2O8S.2Na/c1-28-18(27)9-7-29-15-11(14(22)20(15)12(9)17(25)26)19-13(21)10(16(23)24)8-5-3-2-4-6-8;;/h2-6,10-11,15H,7H2,1H3,(H,19,21)(H,23,24)(H,25,26);;/q;2*+1/p-2/t10?,11?,15-;;/m0../s1. The summed E-state index contributed by atoms with van der Waals surface area (Å²) in [5, 5.41) is 24.5. The minimum Gasteiger partial charge on any atom is -0.549 e. The number of nitrogens with one attached hydrogen (secondary N) is 1. The van der Waals surface area contributed by atoms with Gasteiger partial charge in [0.25, 0.3) is 5.91 Å². The first-order chi connectivity index (χ1) is 13.8. The molecular formula is C18H14N2Na2O8S. The van der Waals surface area contributed by atoms with E-state index >= 15 is 0 Å². The number of β-lactam (4-membered cyclic amide) rings is 1. The molecule has 2 aliphatic heterocycles. The Kier molecular flexibility index (Phi) is 10.3. The van der Waals surface area contributed by atoms with Gasteiger partial charge in [-0.1, -0.05) is 30.3 Å². The Morgan fingerprint density at radius 2 is 1.77 bits per heavy atom. The van der Waals surface area contributed by atoms with E-state index in [1.54, 1.807) is 18.2 Å². The van der Waals surface area contributed by atoms with Crippen LogP contribution in [0.1, 0.15) is 11.5 Å². The third-order valence-electron chi connectivity index (χ3n) is 4.52. The molecule has 1 aromatic carbocycles. The van der Waals surface area contributed by atoms with E-state index in [-0.39, 0.29) is 76.0 Å². The molecule has 13 heteroatoms. The number of amides is 2. The predicted molar refractivity (Wildman–Crippen MR) is 93.3 cm³/mol. The Morgan fingerprint density at radius 1 is 1.16 bits per heavy atom. The van der Waals surface area contributed by atoms with Crippen molar-refractivity contribution in [3.8, 4) is 0 Å². The van der Waals surface area contributed by atoms with Crippen LogP contribution in [-0.2, 0) is 28.7 Å². The van der Waals surface area contributed by atoms with Crippen molar-refractivity contribution in [3.05, 3.63) is 47.2 Å². The van der Waals surface area contributed by atoms with Gasteiger partial charge in [-0.25, -0.2) is 4.79 Å². The van der Waals surface area contributed by atoms with Crippen LogP contribution in [-0.4, -0.2) is 58.9 Å². The number of methoxy groups -OCH3 is 1. The van der Waals surface area contributed by atoms with Gasteiger partial charge in [0, 0.05) is 5.75 Å². The second-order valence-corrected chi connectivity index (χ2v) is 7.27. The molecule has 2 unspecified atom stereocenters. The van der Waals surface area contributed by atoms with E-state index in [1.165, 1.54) is 12.1 Å². The summed E-state index contributed by atoms with van der Waals surface area (Å²) in [4.78, 5) is 60.6. The molecule has 1 aromatic rings. The normalized spacial score (nSPS) is 20.2. The zero-order valence-corrected chi connectivity index (χ0v) is 21.8. The number of ether oxygens (including phenoxy) is 1. The molecule has 2 amide bonds. The van der Waals surface area contributed by atoms with Crippen molar-refractivity contribution < 1.29 is 98.0 Å². The van der Waals surface area contributed by atoms with Gasteiger partial charge in [0.1, 0.15) is 17.3 Å². The van der Waals surface area contributed by atoms with Crippen molar-refractivity contribution in [2.24, 2.45) is 0 Å². The minimum absolute atomic E-state index is 0. The van der Waals surface area contributed by atoms with Crippen LogP contribution >= 0.6 is 11.8 Å². The fraction of sp³-hybridized carbons (Fsp3) is 0.278. The number of esters is 1. The summed E-state index contributed by atoms with van der Waals surface area (Å²) < 4.78 is 4.53. The molecule has 152 valence electrons. The number of thioether (sulfide) groups is 1. The summed E-state index contributed by atoms with van der Waals surface area (Å²) in [5.74, 6) is -7.78. The SMILES string of the molecule is COC(=O)C1=C(C(=O)[O-])N2C(=O)C(NC(=O)C(C(=O)[O-])c3ccccc3)[C@@H]2SC1.[Na+].[Na+]. The Labute approximate surface area is 225 Å². The molecule has 1 saturated heterocycles. The van der Waals surface area contributed by atoms with Gasteiger partial charge >= 0.3 is 65.1 Å². The molecule has 0 radical (unpaired) electrons. The maximum atomic E-state index is 12.5. The summed E-state index contributed by atoms with van der Waals surface area (Å²) in [6.07, 6.45) is 0. The molecule has 0 saturated carbocycles. The molecule has 0 aromatic heterocycles. The van der Waals surface area contributed by atoms with Crippen molar-refractivity contribution in [1.29, 1.82) is 0 Å². The Bertz CT molecular complexity index is 940. The van der Waals surface area contributed by atoms with Crippen LogP contribution in [0.2, 0.25) is 0 Å². The van der Waals surface area contributed by atoms with Crippen LogP contribution < -0.4 is 74.6 Å². The van der Waals surface area contributed by atoms with E-state index in [1.807, 2.05) is 0 Å². The monoisotopic (exact) mass is 464 g/mol. The second kappa shape index (κ2) is 11.5. The molecule has 10 nitrogen and oxygen atoms in total. The number of carboxylic acids is 2. The quantitative estimate of drug-likeness (QED) is 0.187. The summed E-state index contributed by atoms with van der Waals surface area (Å²) in [6, 6.07) is 6.46. The summed E-state index contributed by atoms with van der Waals surface area (Å²) >= 11 is 1.03. The van der Waals surface area contributed by atoms with Gasteiger partial charge in [0.15, 0.2) is 0 Å². The van der Waals surface area contributed by atoms with Crippen molar-refractivity contribution in [2.75, 3.05) is 12.9 Å². The predicted octanol–water partition coefficient (Wildman–Crippen LogP) is -8.90. The van der Waals surface area contributed by atoms with Crippen molar-refractivity contribution in [2.45, 2.75) is 17.3 Å². The minimum atomic E-state index is -1.73. The first-order valence-electron chi connectivity index (χ1n) is 8.31. The summed E-state index contributed by atoms with van der Waals surface area (Å²) in [5.41, 5.74) is -0.674. The van der Waals surface area contributed by atoms with Gasteiger partial charge in [-0.2, -0.15) is 0 Å².